The van der Waals surface area contributed by atoms with Crippen LogP contribution in [0.3, 0.4) is 0 Å². The summed E-state index contributed by atoms with van der Waals surface area (Å²) in [4.78, 5) is 2.10. The van der Waals surface area contributed by atoms with Crippen molar-refractivity contribution in [3.8, 4) is 11.8 Å². The summed E-state index contributed by atoms with van der Waals surface area (Å²) in [6, 6.07) is 4.04. The topological polar surface area (TPSA) is 45.5 Å². The van der Waals surface area contributed by atoms with Crippen LogP contribution in [0.25, 0.3) is 0 Å². The van der Waals surface area contributed by atoms with Gasteiger partial charge in [0, 0.05) is 20.2 Å². The van der Waals surface area contributed by atoms with Crippen LogP contribution in [0, 0.1) is 11.3 Å². The van der Waals surface area contributed by atoms with Gasteiger partial charge in [0.25, 0.3) is 0 Å². The molecule has 0 amide bonds. The summed E-state index contributed by atoms with van der Waals surface area (Å²) in [5.41, 5.74) is 2.33. The zero-order chi connectivity index (χ0) is 14.7. The van der Waals surface area contributed by atoms with Gasteiger partial charge >= 0.3 is 0 Å². The zero-order valence-corrected chi connectivity index (χ0v) is 12.8. The predicted octanol–water partition coefficient (Wildman–Crippen LogP) is 3.01. The lowest BCUT2D eigenvalue weighted by Gasteiger charge is -2.41. The Balaban J connectivity index is 2.50. The van der Waals surface area contributed by atoms with E-state index in [4.69, 9.17) is 21.1 Å². The van der Waals surface area contributed by atoms with Crippen LogP contribution in [0.15, 0.2) is 6.07 Å². The Bertz CT molecular complexity index is 534. The van der Waals surface area contributed by atoms with E-state index in [1.54, 1.807) is 7.11 Å². The van der Waals surface area contributed by atoms with Crippen LogP contribution in [0.5, 0.6) is 5.75 Å². The first-order chi connectivity index (χ1) is 9.65. The molecule has 0 spiro atoms. The second-order valence-electron chi connectivity index (χ2n) is 4.73. The molecule has 1 heterocycles. The van der Waals surface area contributed by atoms with E-state index in [0.29, 0.717) is 17.2 Å². The molecule has 108 valence electrons. The van der Waals surface area contributed by atoms with E-state index in [1.165, 1.54) is 0 Å². The lowest BCUT2D eigenvalue weighted by atomic mass is 10.0. The number of nitriles is 1. The number of benzene rings is 1. The molecular formula is C15H19ClN2O2. The lowest BCUT2D eigenvalue weighted by Crippen LogP contribution is -2.52. The summed E-state index contributed by atoms with van der Waals surface area (Å²) in [5.74, 6) is 0.783. The monoisotopic (exact) mass is 294 g/mol. The van der Waals surface area contributed by atoms with Gasteiger partial charge in [0.2, 0.25) is 0 Å². The molecule has 0 aliphatic carbocycles. The first-order valence-electron chi connectivity index (χ1n) is 6.82. The molecule has 1 aliphatic rings. The standard InChI is InChI=1S/C15H19ClN2O2/c1-4-10-6-13(16)12(7-17)14(15(10)20-5-2)18-8-11(9-18)19-3/h6,11H,4-5,8-9H2,1-3H3. The third-order valence-corrected chi connectivity index (χ3v) is 3.86. The van der Waals surface area contributed by atoms with E-state index in [2.05, 4.69) is 17.9 Å². The Kier molecular flexibility index (Phi) is 4.74. The average molecular weight is 295 g/mol. The average Bonchev–Trinajstić information content (AvgIpc) is 2.40. The van der Waals surface area contributed by atoms with Crippen molar-refractivity contribution in [3.63, 3.8) is 0 Å². The van der Waals surface area contributed by atoms with Gasteiger partial charge in [0.05, 0.1) is 29.0 Å². The van der Waals surface area contributed by atoms with Crippen LogP contribution in [-0.4, -0.2) is 32.9 Å². The number of ether oxygens (including phenoxy) is 2. The summed E-state index contributed by atoms with van der Waals surface area (Å²) in [7, 11) is 1.70. The molecule has 0 atom stereocenters. The third kappa shape index (κ3) is 2.56. The second-order valence-corrected chi connectivity index (χ2v) is 5.14. The SMILES string of the molecule is CCOc1c(CC)cc(Cl)c(C#N)c1N1CC(OC)C1. The molecule has 0 N–H and O–H groups in total. The van der Waals surface area contributed by atoms with Crippen molar-refractivity contribution in [2.24, 2.45) is 0 Å². The van der Waals surface area contributed by atoms with Crippen LogP contribution in [0.2, 0.25) is 5.02 Å². The van der Waals surface area contributed by atoms with E-state index in [9.17, 15) is 5.26 Å². The molecule has 1 aromatic rings. The minimum atomic E-state index is 0.208. The zero-order valence-electron chi connectivity index (χ0n) is 12.1. The maximum absolute atomic E-state index is 9.40. The number of anilines is 1. The third-order valence-electron chi connectivity index (χ3n) is 3.56. The van der Waals surface area contributed by atoms with Gasteiger partial charge in [-0.1, -0.05) is 18.5 Å². The van der Waals surface area contributed by atoms with Crippen molar-refractivity contribution in [3.05, 3.63) is 22.2 Å². The molecule has 0 aromatic heterocycles. The van der Waals surface area contributed by atoms with E-state index in [0.717, 1.165) is 36.5 Å². The normalized spacial score (nSPS) is 14.8. The van der Waals surface area contributed by atoms with Crippen LogP contribution in [0.4, 0.5) is 5.69 Å². The summed E-state index contributed by atoms with van der Waals surface area (Å²) >= 11 is 6.25. The van der Waals surface area contributed by atoms with Gasteiger partial charge in [-0.15, -0.1) is 0 Å². The quantitative estimate of drug-likeness (QED) is 0.837. The Labute approximate surface area is 124 Å². The first-order valence-corrected chi connectivity index (χ1v) is 7.19. The summed E-state index contributed by atoms with van der Waals surface area (Å²) in [6.07, 6.45) is 1.02. The molecule has 20 heavy (non-hydrogen) atoms. The minimum Gasteiger partial charge on any atom is -0.491 e. The molecule has 5 heteroatoms. The van der Waals surface area contributed by atoms with Gasteiger partial charge in [-0.05, 0) is 25.0 Å². The van der Waals surface area contributed by atoms with E-state index in [1.807, 2.05) is 13.0 Å². The highest BCUT2D eigenvalue weighted by Crippen LogP contribution is 2.42. The fourth-order valence-electron chi connectivity index (χ4n) is 2.42. The highest BCUT2D eigenvalue weighted by atomic mass is 35.5. The number of hydrogen-bond acceptors (Lipinski definition) is 4. The molecule has 0 saturated carbocycles. The van der Waals surface area contributed by atoms with Crippen molar-refractivity contribution < 1.29 is 9.47 Å². The fraction of sp³-hybridized carbons (Fsp3) is 0.533. The molecule has 0 bridgehead atoms. The number of halogens is 1. The largest absolute Gasteiger partial charge is 0.491 e. The molecule has 1 saturated heterocycles. The number of nitrogens with zero attached hydrogens (tertiary/aromatic N) is 2. The van der Waals surface area contributed by atoms with Gasteiger partial charge in [-0.3, -0.25) is 0 Å². The maximum Gasteiger partial charge on any atom is 0.147 e. The Morgan fingerprint density at radius 1 is 1.45 bits per heavy atom. The predicted molar refractivity (Wildman–Crippen MR) is 79.7 cm³/mol. The summed E-state index contributed by atoms with van der Waals surface area (Å²) < 4.78 is 11.1. The Hall–Kier alpha value is -1.44. The summed E-state index contributed by atoms with van der Waals surface area (Å²) in [5, 5.41) is 9.89. The van der Waals surface area contributed by atoms with Crippen molar-refractivity contribution in [1.29, 1.82) is 5.26 Å². The highest BCUT2D eigenvalue weighted by Gasteiger charge is 2.32. The Morgan fingerprint density at radius 3 is 2.65 bits per heavy atom. The number of rotatable bonds is 5. The molecule has 0 unspecified atom stereocenters. The number of methoxy groups -OCH3 is 1. The van der Waals surface area contributed by atoms with E-state index in [-0.39, 0.29) is 6.10 Å². The minimum absolute atomic E-state index is 0.208. The van der Waals surface area contributed by atoms with Crippen LogP contribution < -0.4 is 9.64 Å². The van der Waals surface area contributed by atoms with Crippen LogP contribution in [-0.2, 0) is 11.2 Å². The molecule has 4 nitrogen and oxygen atoms in total. The first kappa shape index (κ1) is 15.0. The number of aryl methyl sites for hydroxylation is 1. The maximum atomic E-state index is 9.40. The van der Waals surface area contributed by atoms with Gasteiger partial charge in [-0.25, -0.2) is 0 Å². The van der Waals surface area contributed by atoms with Gasteiger partial charge in [0.1, 0.15) is 11.8 Å². The smallest absolute Gasteiger partial charge is 0.147 e. The summed E-state index contributed by atoms with van der Waals surface area (Å²) in [6.45, 7) is 6.08. The fourth-order valence-corrected chi connectivity index (χ4v) is 2.68. The molecular weight excluding hydrogens is 276 g/mol. The molecule has 1 aromatic carbocycles. The molecule has 0 radical (unpaired) electrons. The van der Waals surface area contributed by atoms with Crippen LogP contribution >= 0.6 is 11.6 Å². The Morgan fingerprint density at radius 2 is 2.15 bits per heavy atom. The highest BCUT2D eigenvalue weighted by molar-refractivity contribution is 6.32. The van der Waals surface area contributed by atoms with Gasteiger partial charge in [0.15, 0.2) is 0 Å². The van der Waals surface area contributed by atoms with Crippen LogP contribution in [0.1, 0.15) is 25.0 Å². The molecule has 2 rings (SSSR count). The van der Waals surface area contributed by atoms with E-state index < -0.39 is 0 Å². The van der Waals surface area contributed by atoms with Crippen molar-refractivity contribution in [1.82, 2.24) is 0 Å². The van der Waals surface area contributed by atoms with E-state index >= 15 is 0 Å². The van der Waals surface area contributed by atoms with Gasteiger partial charge < -0.3 is 14.4 Å². The lowest BCUT2D eigenvalue weighted by molar-refractivity contribution is 0.0784. The molecule has 1 aliphatic heterocycles. The van der Waals surface area contributed by atoms with Crippen molar-refractivity contribution in [2.75, 3.05) is 31.7 Å². The second kappa shape index (κ2) is 6.34. The van der Waals surface area contributed by atoms with Gasteiger partial charge in [-0.2, -0.15) is 5.26 Å². The molecule has 1 fully saturated rings. The van der Waals surface area contributed by atoms with Crippen molar-refractivity contribution in [2.45, 2.75) is 26.4 Å². The number of hydrogen-bond donors (Lipinski definition) is 0. The van der Waals surface area contributed by atoms with Crippen molar-refractivity contribution >= 4 is 17.3 Å².